The molecule has 0 fully saturated rings. The molecular formula is C17H18ClN3O2. The van der Waals surface area contributed by atoms with Gasteiger partial charge in [0.15, 0.2) is 5.69 Å². The normalized spacial score (nSPS) is 11.3. The zero-order valence-electron chi connectivity index (χ0n) is 12.8. The number of nitrogens with one attached hydrogen (secondary N) is 1. The fraction of sp³-hybridized carbons (Fsp3) is 0.176. The Morgan fingerprint density at radius 1 is 1.13 bits per heavy atom. The number of aromatic carboxylic acids is 1. The van der Waals surface area contributed by atoms with Gasteiger partial charge in [-0.1, -0.05) is 30.3 Å². The molecule has 0 radical (unpaired) electrons. The molecule has 0 unspecified atom stereocenters. The van der Waals surface area contributed by atoms with E-state index in [1.54, 1.807) is 0 Å². The standard InChI is InChI=1S/C17H17N3O2.ClH/c1-17(2,18)12-6-3-10(4-7-12)11-5-8-14-13(9-11)15(16(21)22)20-19-14;/h3-9H,18H2,1-2H3,(H,19,20)(H,21,22);1H. The van der Waals surface area contributed by atoms with Crippen molar-refractivity contribution in [2.24, 2.45) is 5.73 Å². The molecule has 0 aliphatic carbocycles. The van der Waals surface area contributed by atoms with Gasteiger partial charge in [0.1, 0.15) is 0 Å². The lowest BCUT2D eigenvalue weighted by atomic mass is 9.93. The summed E-state index contributed by atoms with van der Waals surface area (Å²) < 4.78 is 0. The fourth-order valence-electron chi connectivity index (χ4n) is 2.45. The first kappa shape index (κ1) is 17.0. The van der Waals surface area contributed by atoms with E-state index in [-0.39, 0.29) is 23.6 Å². The van der Waals surface area contributed by atoms with Crippen LogP contribution in [-0.2, 0) is 5.54 Å². The number of aromatic amines is 1. The first-order valence-electron chi connectivity index (χ1n) is 6.97. The van der Waals surface area contributed by atoms with Crippen LogP contribution in [0.15, 0.2) is 42.5 Å². The Hall–Kier alpha value is -2.37. The fourth-order valence-corrected chi connectivity index (χ4v) is 2.45. The number of H-pyrrole nitrogens is 1. The Kier molecular flexibility index (Phi) is 4.45. The SMILES string of the molecule is CC(C)(N)c1ccc(-c2ccc3[nH]nc(C(=O)O)c3c2)cc1.Cl. The van der Waals surface area contributed by atoms with Gasteiger partial charge < -0.3 is 10.8 Å². The molecule has 1 heterocycles. The number of rotatable bonds is 3. The molecule has 5 nitrogen and oxygen atoms in total. The van der Waals surface area contributed by atoms with Crippen LogP contribution in [0.1, 0.15) is 29.9 Å². The Labute approximate surface area is 139 Å². The molecule has 0 spiro atoms. The van der Waals surface area contributed by atoms with Crippen LogP contribution >= 0.6 is 12.4 Å². The number of carboxylic acids is 1. The van der Waals surface area contributed by atoms with Crippen molar-refractivity contribution in [3.05, 3.63) is 53.7 Å². The third-order valence-electron chi connectivity index (χ3n) is 3.73. The second kappa shape index (κ2) is 6.02. The number of aromatic nitrogens is 2. The van der Waals surface area contributed by atoms with Crippen molar-refractivity contribution >= 4 is 29.3 Å². The van der Waals surface area contributed by atoms with Crippen molar-refractivity contribution in [3.63, 3.8) is 0 Å². The van der Waals surface area contributed by atoms with E-state index in [2.05, 4.69) is 10.2 Å². The number of fused-ring (bicyclic) bond motifs is 1. The molecule has 0 atom stereocenters. The van der Waals surface area contributed by atoms with E-state index < -0.39 is 5.97 Å². The van der Waals surface area contributed by atoms with E-state index in [1.807, 2.05) is 56.3 Å². The van der Waals surface area contributed by atoms with E-state index in [4.69, 9.17) is 10.8 Å². The van der Waals surface area contributed by atoms with Gasteiger partial charge in [-0.3, -0.25) is 5.10 Å². The Balaban J connectivity index is 0.00000192. The molecule has 0 aliphatic rings. The summed E-state index contributed by atoms with van der Waals surface area (Å²) in [4.78, 5) is 11.2. The highest BCUT2D eigenvalue weighted by molar-refractivity contribution is 6.02. The predicted molar refractivity (Wildman–Crippen MR) is 93.0 cm³/mol. The number of hydrogen-bond donors (Lipinski definition) is 3. The van der Waals surface area contributed by atoms with Gasteiger partial charge in [0.2, 0.25) is 0 Å². The van der Waals surface area contributed by atoms with E-state index in [0.29, 0.717) is 10.9 Å². The van der Waals surface area contributed by atoms with Crippen molar-refractivity contribution in [1.29, 1.82) is 0 Å². The molecule has 6 heteroatoms. The van der Waals surface area contributed by atoms with Gasteiger partial charge >= 0.3 is 5.97 Å². The Bertz CT molecular complexity index is 848. The number of halogens is 1. The van der Waals surface area contributed by atoms with Gasteiger partial charge in [-0.2, -0.15) is 5.10 Å². The second-order valence-corrected chi connectivity index (χ2v) is 5.94. The lowest BCUT2D eigenvalue weighted by Crippen LogP contribution is -2.28. The van der Waals surface area contributed by atoms with Gasteiger partial charge in [0, 0.05) is 10.9 Å². The Morgan fingerprint density at radius 3 is 2.30 bits per heavy atom. The summed E-state index contributed by atoms with van der Waals surface area (Å²) in [5.74, 6) is -1.04. The van der Waals surface area contributed by atoms with Crippen molar-refractivity contribution < 1.29 is 9.90 Å². The summed E-state index contributed by atoms with van der Waals surface area (Å²) in [6.45, 7) is 3.91. The maximum absolute atomic E-state index is 11.2. The van der Waals surface area contributed by atoms with Crippen LogP contribution in [0.3, 0.4) is 0 Å². The van der Waals surface area contributed by atoms with E-state index in [0.717, 1.165) is 16.7 Å². The van der Waals surface area contributed by atoms with E-state index in [1.165, 1.54) is 0 Å². The number of carboxylic acid groups (broad SMARTS) is 1. The molecule has 0 bridgehead atoms. The smallest absolute Gasteiger partial charge is 0.357 e. The molecule has 0 saturated carbocycles. The average Bonchev–Trinajstić information content (AvgIpc) is 2.89. The molecular weight excluding hydrogens is 314 g/mol. The summed E-state index contributed by atoms with van der Waals surface area (Å²) >= 11 is 0. The summed E-state index contributed by atoms with van der Waals surface area (Å²) in [7, 11) is 0. The van der Waals surface area contributed by atoms with Crippen LogP contribution in [0, 0.1) is 0 Å². The molecule has 0 amide bonds. The zero-order valence-corrected chi connectivity index (χ0v) is 13.6. The minimum atomic E-state index is -1.04. The molecule has 3 rings (SSSR count). The minimum absolute atomic E-state index is 0. The van der Waals surface area contributed by atoms with Gasteiger partial charge in [-0.05, 0) is 42.7 Å². The maximum atomic E-state index is 11.2. The summed E-state index contributed by atoms with van der Waals surface area (Å²) in [5, 5.41) is 16.3. The third kappa shape index (κ3) is 3.21. The summed E-state index contributed by atoms with van der Waals surface area (Å²) in [6, 6.07) is 13.6. The van der Waals surface area contributed by atoms with Crippen molar-refractivity contribution in [1.82, 2.24) is 10.2 Å². The summed E-state index contributed by atoms with van der Waals surface area (Å²) in [5.41, 5.74) is 9.44. The van der Waals surface area contributed by atoms with Gasteiger partial charge in [0.05, 0.1) is 5.52 Å². The van der Waals surface area contributed by atoms with E-state index in [9.17, 15) is 4.79 Å². The average molecular weight is 332 g/mol. The third-order valence-corrected chi connectivity index (χ3v) is 3.73. The van der Waals surface area contributed by atoms with Gasteiger partial charge in [-0.15, -0.1) is 12.4 Å². The number of nitrogens with two attached hydrogens (primary N) is 1. The Morgan fingerprint density at radius 2 is 1.74 bits per heavy atom. The van der Waals surface area contributed by atoms with Crippen molar-refractivity contribution in [2.75, 3.05) is 0 Å². The largest absolute Gasteiger partial charge is 0.476 e. The molecule has 0 saturated heterocycles. The monoisotopic (exact) mass is 331 g/mol. The molecule has 23 heavy (non-hydrogen) atoms. The van der Waals surface area contributed by atoms with Crippen LogP contribution in [-0.4, -0.2) is 21.3 Å². The highest BCUT2D eigenvalue weighted by Crippen LogP contribution is 2.27. The minimum Gasteiger partial charge on any atom is -0.476 e. The topological polar surface area (TPSA) is 92.0 Å². The molecule has 2 aromatic carbocycles. The number of carbonyl (C=O) groups is 1. The first-order chi connectivity index (χ1) is 10.4. The highest BCUT2D eigenvalue weighted by Gasteiger charge is 2.15. The quantitative estimate of drug-likeness (QED) is 0.684. The van der Waals surface area contributed by atoms with E-state index >= 15 is 0 Å². The van der Waals surface area contributed by atoms with Crippen LogP contribution in [0.5, 0.6) is 0 Å². The van der Waals surface area contributed by atoms with Crippen LogP contribution in [0.4, 0.5) is 0 Å². The van der Waals surface area contributed by atoms with Crippen LogP contribution in [0.2, 0.25) is 0 Å². The lowest BCUT2D eigenvalue weighted by Gasteiger charge is -2.19. The molecule has 0 aliphatic heterocycles. The number of nitrogens with zero attached hydrogens (tertiary/aromatic N) is 1. The number of hydrogen-bond acceptors (Lipinski definition) is 3. The van der Waals surface area contributed by atoms with Crippen LogP contribution in [0.25, 0.3) is 22.0 Å². The molecule has 3 aromatic rings. The molecule has 1 aromatic heterocycles. The van der Waals surface area contributed by atoms with Crippen molar-refractivity contribution in [3.8, 4) is 11.1 Å². The van der Waals surface area contributed by atoms with Crippen molar-refractivity contribution in [2.45, 2.75) is 19.4 Å². The second-order valence-electron chi connectivity index (χ2n) is 5.94. The molecule has 120 valence electrons. The highest BCUT2D eigenvalue weighted by atomic mass is 35.5. The van der Waals surface area contributed by atoms with Gasteiger partial charge in [0.25, 0.3) is 0 Å². The van der Waals surface area contributed by atoms with Crippen LogP contribution < -0.4 is 5.73 Å². The summed E-state index contributed by atoms with van der Waals surface area (Å²) in [6.07, 6.45) is 0. The van der Waals surface area contributed by atoms with Gasteiger partial charge in [-0.25, -0.2) is 4.79 Å². The maximum Gasteiger partial charge on any atom is 0.357 e. The zero-order chi connectivity index (χ0) is 15.9. The molecule has 4 N–H and O–H groups in total. The predicted octanol–water partition coefficient (Wildman–Crippen LogP) is 3.54. The number of benzene rings is 2. The first-order valence-corrected chi connectivity index (χ1v) is 6.97. The lowest BCUT2D eigenvalue weighted by molar-refractivity contribution is 0.0692.